The number of rotatable bonds is 8. The number of hydrogen-bond donors (Lipinski definition) is 4. The molecule has 3 rings (SSSR count). The molecule has 36 heavy (non-hydrogen) atoms. The molecule has 0 saturated carbocycles. The van der Waals surface area contributed by atoms with Crippen molar-refractivity contribution in [1.29, 1.82) is 0 Å². The van der Waals surface area contributed by atoms with Crippen LogP contribution in [0.1, 0.15) is 93.9 Å². The van der Waals surface area contributed by atoms with Crippen molar-refractivity contribution in [2.75, 3.05) is 32.7 Å². The zero-order chi connectivity index (χ0) is 27.2. The van der Waals surface area contributed by atoms with Crippen molar-refractivity contribution in [3.05, 3.63) is 0 Å². The maximum Gasteiger partial charge on any atom is 0.304 e. The Balaban J connectivity index is 2.13. The van der Waals surface area contributed by atoms with Gasteiger partial charge in [0.05, 0.1) is 12.8 Å². The number of piperidine rings is 2. The minimum Gasteiger partial charge on any atom is -0.481 e. The van der Waals surface area contributed by atoms with Crippen molar-refractivity contribution in [1.82, 2.24) is 20.4 Å². The second kappa shape index (κ2) is 10.2. The molecule has 3 fully saturated rings. The minimum absolute atomic E-state index is 0.0425. The Morgan fingerprint density at radius 1 is 0.694 bits per heavy atom. The number of carboxylic acid groups (broad SMARTS) is 2. The van der Waals surface area contributed by atoms with E-state index in [0.29, 0.717) is 24.9 Å². The Kier molecular flexibility index (Phi) is 8.28. The van der Waals surface area contributed by atoms with Gasteiger partial charge in [-0.05, 0) is 92.9 Å². The lowest BCUT2D eigenvalue weighted by Crippen LogP contribution is -2.75. The molecular weight excluding hydrogens is 456 g/mol. The summed E-state index contributed by atoms with van der Waals surface area (Å²) in [4.78, 5) is 28.1. The summed E-state index contributed by atoms with van der Waals surface area (Å²) in [6.07, 6.45) is 4.31. The van der Waals surface area contributed by atoms with Crippen LogP contribution in [0.2, 0.25) is 0 Å². The van der Waals surface area contributed by atoms with E-state index in [1.807, 2.05) is 0 Å². The molecule has 3 saturated heterocycles. The maximum absolute atomic E-state index is 11.7. The molecule has 208 valence electrons. The van der Waals surface area contributed by atoms with Crippen LogP contribution >= 0.6 is 0 Å². The molecule has 0 unspecified atom stereocenters. The third-order valence-corrected chi connectivity index (χ3v) is 8.78. The Labute approximate surface area is 218 Å². The van der Waals surface area contributed by atoms with Crippen LogP contribution in [0.4, 0.5) is 0 Å². The summed E-state index contributed by atoms with van der Waals surface area (Å²) >= 11 is 0. The molecule has 3 heterocycles. The van der Waals surface area contributed by atoms with Gasteiger partial charge < -0.3 is 20.8 Å². The average Bonchev–Trinajstić information content (AvgIpc) is 2.66. The van der Waals surface area contributed by atoms with Crippen molar-refractivity contribution in [2.45, 2.75) is 122 Å². The number of carbonyl (C=O) groups is 2. The first-order valence-electron chi connectivity index (χ1n) is 13.8. The summed E-state index contributed by atoms with van der Waals surface area (Å²) in [7, 11) is 0. The summed E-state index contributed by atoms with van der Waals surface area (Å²) in [5, 5.41) is 26.8. The zero-order valence-corrected chi connectivity index (χ0v) is 24.0. The van der Waals surface area contributed by atoms with Gasteiger partial charge in [0, 0.05) is 60.4 Å². The first-order valence-corrected chi connectivity index (χ1v) is 13.8. The SMILES string of the molecule is CC1(C)CC(C2(C3CC(C)(C)NC(C)(C)C3)CN(CCC(=O)O)CCN2CCC(=O)O)CC(C)(C)N1. The fourth-order valence-electron chi connectivity index (χ4n) is 8.46. The van der Waals surface area contributed by atoms with Gasteiger partial charge in [0.15, 0.2) is 0 Å². The highest BCUT2D eigenvalue weighted by molar-refractivity contribution is 5.67. The Hall–Kier alpha value is -1.22. The highest BCUT2D eigenvalue weighted by atomic mass is 16.4. The van der Waals surface area contributed by atoms with Crippen molar-refractivity contribution in [2.24, 2.45) is 11.8 Å². The van der Waals surface area contributed by atoms with Gasteiger partial charge in [-0.2, -0.15) is 0 Å². The predicted octanol–water partition coefficient (Wildman–Crippen LogP) is 3.41. The van der Waals surface area contributed by atoms with E-state index >= 15 is 0 Å². The van der Waals surface area contributed by atoms with Crippen molar-refractivity contribution in [3.63, 3.8) is 0 Å². The molecule has 0 aromatic carbocycles. The molecule has 0 spiro atoms. The third-order valence-electron chi connectivity index (χ3n) is 8.78. The summed E-state index contributed by atoms with van der Waals surface area (Å²) in [6, 6.07) is 0. The van der Waals surface area contributed by atoms with Gasteiger partial charge in [-0.15, -0.1) is 0 Å². The number of aliphatic carboxylic acids is 2. The average molecular weight is 509 g/mol. The van der Waals surface area contributed by atoms with Crippen LogP contribution in [0.15, 0.2) is 0 Å². The van der Waals surface area contributed by atoms with Crippen LogP contribution in [-0.2, 0) is 9.59 Å². The fraction of sp³-hybridized carbons (Fsp3) is 0.929. The minimum atomic E-state index is -0.762. The highest BCUT2D eigenvalue weighted by Gasteiger charge is 2.58. The van der Waals surface area contributed by atoms with Gasteiger partial charge in [-0.3, -0.25) is 19.4 Å². The Morgan fingerprint density at radius 3 is 1.47 bits per heavy atom. The summed E-state index contributed by atoms with van der Waals surface area (Å²) in [5.41, 5.74) is -0.393. The molecule has 0 aliphatic carbocycles. The quantitative estimate of drug-likeness (QED) is 0.395. The van der Waals surface area contributed by atoms with E-state index in [1.54, 1.807) is 0 Å². The Morgan fingerprint density at radius 2 is 1.08 bits per heavy atom. The number of nitrogens with one attached hydrogen (secondary N) is 2. The van der Waals surface area contributed by atoms with Gasteiger partial charge >= 0.3 is 11.9 Å². The van der Waals surface area contributed by atoms with Crippen LogP contribution < -0.4 is 10.6 Å². The molecule has 3 aliphatic heterocycles. The van der Waals surface area contributed by atoms with E-state index in [2.05, 4.69) is 75.8 Å². The van der Waals surface area contributed by atoms with Gasteiger partial charge in [0.2, 0.25) is 0 Å². The first-order chi connectivity index (χ1) is 16.3. The van der Waals surface area contributed by atoms with Gasteiger partial charge in [-0.25, -0.2) is 0 Å². The monoisotopic (exact) mass is 508 g/mol. The lowest BCUT2D eigenvalue weighted by molar-refractivity contribution is -0.145. The van der Waals surface area contributed by atoms with E-state index in [0.717, 1.165) is 45.3 Å². The number of carboxylic acids is 2. The van der Waals surface area contributed by atoms with Crippen LogP contribution in [-0.4, -0.2) is 92.4 Å². The van der Waals surface area contributed by atoms with Gasteiger partial charge in [0.25, 0.3) is 0 Å². The van der Waals surface area contributed by atoms with Crippen LogP contribution in [0.5, 0.6) is 0 Å². The lowest BCUT2D eigenvalue weighted by Gasteiger charge is -2.65. The first kappa shape index (κ1) is 29.3. The third kappa shape index (κ3) is 7.00. The molecule has 8 nitrogen and oxygen atoms in total. The molecule has 0 atom stereocenters. The number of nitrogens with zero attached hydrogens (tertiary/aromatic N) is 2. The summed E-state index contributed by atoms with van der Waals surface area (Å²) < 4.78 is 0. The largest absolute Gasteiger partial charge is 0.481 e. The van der Waals surface area contributed by atoms with Crippen molar-refractivity contribution >= 4 is 11.9 Å². The van der Waals surface area contributed by atoms with E-state index < -0.39 is 11.9 Å². The molecule has 4 N–H and O–H groups in total. The lowest BCUT2D eigenvalue weighted by atomic mass is 9.57. The summed E-state index contributed by atoms with van der Waals surface area (Å²) in [5.74, 6) is -0.795. The maximum atomic E-state index is 11.7. The molecule has 3 aliphatic rings. The van der Waals surface area contributed by atoms with Crippen LogP contribution in [0.25, 0.3) is 0 Å². The second-order valence-corrected chi connectivity index (χ2v) is 14.5. The van der Waals surface area contributed by atoms with E-state index in [9.17, 15) is 19.8 Å². The Bertz CT molecular complexity index is 752. The molecule has 0 aromatic rings. The smallest absolute Gasteiger partial charge is 0.304 e. The standard InChI is InChI=1S/C28H52N4O4/c1-24(2)15-20(16-25(3,4)29-24)28(21-17-26(5,6)30-27(7,8)18-21)19-31(11-9-22(33)34)13-14-32(28)12-10-23(35)36/h20-21,29-30H,9-19H2,1-8H3,(H,33,34)(H,35,36). The molecule has 0 bridgehead atoms. The summed E-state index contributed by atoms with van der Waals surface area (Å²) in [6.45, 7) is 21.8. The number of hydrogen-bond acceptors (Lipinski definition) is 6. The molecule has 8 heteroatoms. The van der Waals surface area contributed by atoms with Gasteiger partial charge in [-0.1, -0.05) is 0 Å². The topological polar surface area (TPSA) is 105 Å². The molecule has 0 aromatic heterocycles. The molecule has 0 amide bonds. The van der Waals surface area contributed by atoms with Gasteiger partial charge in [0.1, 0.15) is 0 Å². The molecule has 0 radical (unpaired) electrons. The predicted molar refractivity (Wildman–Crippen MR) is 143 cm³/mol. The second-order valence-electron chi connectivity index (χ2n) is 14.5. The van der Waals surface area contributed by atoms with Crippen LogP contribution in [0, 0.1) is 11.8 Å². The van der Waals surface area contributed by atoms with Crippen molar-refractivity contribution in [3.8, 4) is 0 Å². The van der Waals surface area contributed by atoms with Crippen LogP contribution in [0.3, 0.4) is 0 Å². The normalized spacial score (nSPS) is 28.6. The highest BCUT2D eigenvalue weighted by Crippen LogP contribution is 2.51. The van der Waals surface area contributed by atoms with E-state index in [1.165, 1.54) is 0 Å². The fourth-order valence-corrected chi connectivity index (χ4v) is 8.46. The zero-order valence-electron chi connectivity index (χ0n) is 24.0. The van der Waals surface area contributed by atoms with Crippen molar-refractivity contribution < 1.29 is 19.8 Å². The van der Waals surface area contributed by atoms with E-state index in [-0.39, 0.29) is 40.5 Å². The van der Waals surface area contributed by atoms with E-state index in [4.69, 9.17) is 0 Å². The molecular formula is C28H52N4O4. The number of piperazine rings is 1.